The smallest absolute Gasteiger partial charge is 0.352 e. The van der Waals surface area contributed by atoms with Crippen LogP contribution in [0.1, 0.15) is 5.69 Å². The molecule has 16 heteroatoms. The number of aromatic nitrogens is 5. The van der Waals surface area contributed by atoms with Crippen molar-refractivity contribution in [3.05, 3.63) is 22.3 Å². The molecule has 0 unspecified atom stereocenters. The molecule has 13 nitrogen and oxygen atoms in total. The number of likely N-dealkylation sites (N-methyl/N-ethyl adjacent to an activating group) is 1. The number of carboxylic acid groups (broad SMARTS) is 1. The van der Waals surface area contributed by atoms with E-state index < -0.39 is 23.3 Å². The van der Waals surface area contributed by atoms with Crippen LogP contribution in [0.2, 0.25) is 0 Å². The lowest BCUT2D eigenvalue weighted by atomic mass is 10.0. The number of carbonyl (C=O) groups is 3. The van der Waals surface area contributed by atoms with Gasteiger partial charge in [0, 0.05) is 23.4 Å². The standard InChI is InChI=1S/C18H23N9O4S3/c1-25(2)3-4-26-18(22-23-24-26)34-7-9-6-32-15-12(14(29)27(15)13(9)16(30)31)21-11(28)5-10-8-33-17(19)20-10/h8,12,15H,3-7H2,1-2H3,(H2,19,20)(H,21,28)(H,30,31)/t12-,15+/m0/s1. The number of β-lactam (4-membered cyclic amide) rings is 1. The minimum atomic E-state index is -1.18. The van der Waals surface area contributed by atoms with Gasteiger partial charge in [-0.2, -0.15) is 0 Å². The second-order valence-electron chi connectivity index (χ2n) is 7.84. The van der Waals surface area contributed by atoms with Crippen LogP contribution in [0.25, 0.3) is 0 Å². The van der Waals surface area contributed by atoms with Gasteiger partial charge in [0.1, 0.15) is 17.1 Å². The van der Waals surface area contributed by atoms with Crippen molar-refractivity contribution < 1.29 is 19.5 Å². The Morgan fingerprint density at radius 2 is 2.21 bits per heavy atom. The summed E-state index contributed by atoms with van der Waals surface area (Å²) in [7, 11) is 3.90. The number of carboxylic acids is 1. The molecule has 1 saturated heterocycles. The first kappa shape index (κ1) is 24.4. The van der Waals surface area contributed by atoms with Crippen molar-refractivity contribution in [1.82, 2.24) is 40.3 Å². The van der Waals surface area contributed by atoms with Crippen molar-refractivity contribution in [2.45, 2.75) is 29.5 Å². The van der Waals surface area contributed by atoms with Gasteiger partial charge in [0.25, 0.3) is 5.91 Å². The zero-order valence-electron chi connectivity index (χ0n) is 18.4. The number of fused-ring (bicyclic) bond motifs is 1. The van der Waals surface area contributed by atoms with Crippen LogP contribution in [0.5, 0.6) is 0 Å². The normalized spacial score (nSPS) is 19.9. The molecule has 0 radical (unpaired) electrons. The molecule has 2 amide bonds. The third-order valence-corrected chi connectivity index (χ3v) is 8.22. The zero-order valence-corrected chi connectivity index (χ0v) is 20.8. The number of rotatable bonds is 10. The Kier molecular flexibility index (Phi) is 7.39. The summed E-state index contributed by atoms with van der Waals surface area (Å²) in [6, 6.07) is -0.782. The van der Waals surface area contributed by atoms with Crippen molar-refractivity contribution in [2.75, 3.05) is 37.9 Å². The maximum atomic E-state index is 12.8. The highest BCUT2D eigenvalue weighted by atomic mass is 32.2. The highest BCUT2D eigenvalue weighted by Crippen LogP contribution is 2.41. The number of nitrogens with two attached hydrogens (primary N) is 1. The van der Waals surface area contributed by atoms with Gasteiger partial charge in [-0.05, 0) is 30.1 Å². The topological polar surface area (TPSA) is 172 Å². The van der Waals surface area contributed by atoms with E-state index in [-0.39, 0.29) is 18.0 Å². The van der Waals surface area contributed by atoms with Gasteiger partial charge in [0.05, 0.1) is 18.7 Å². The molecule has 0 aromatic carbocycles. The molecule has 2 aromatic rings. The molecule has 34 heavy (non-hydrogen) atoms. The summed E-state index contributed by atoms with van der Waals surface area (Å²) >= 11 is 3.98. The minimum Gasteiger partial charge on any atom is -0.477 e. The van der Waals surface area contributed by atoms with Gasteiger partial charge in [0.15, 0.2) is 5.13 Å². The van der Waals surface area contributed by atoms with Crippen molar-refractivity contribution >= 4 is 57.8 Å². The average Bonchev–Trinajstić information content (AvgIpc) is 3.41. The van der Waals surface area contributed by atoms with Crippen LogP contribution in [0.15, 0.2) is 21.8 Å². The molecular formula is C18H23N9O4S3. The minimum absolute atomic E-state index is 0.000917. The number of hydrogen-bond donors (Lipinski definition) is 3. The molecule has 2 aromatic heterocycles. The Morgan fingerprint density at radius 1 is 1.41 bits per heavy atom. The van der Waals surface area contributed by atoms with E-state index in [0.717, 1.165) is 6.54 Å². The number of thioether (sulfide) groups is 2. The van der Waals surface area contributed by atoms with Gasteiger partial charge in [-0.3, -0.25) is 14.5 Å². The molecule has 4 heterocycles. The van der Waals surface area contributed by atoms with Crippen LogP contribution in [0, 0.1) is 0 Å². The molecule has 1 fully saturated rings. The molecule has 4 N–H and O–H groups in total. The van der Waals surface area contributed by atoms with Gasteiger partial charge in [-0.15, -0.1) is 28.2 Å². The number of tetrazole rings is 1. The number of nitrogens with one attached hydrogen (secondary N) is 1. The van der Waals surface area contributed by atoms with E-state index in [1.54, 1.807) is 10.1 Å². The predicted octanol–water partition coefficient (Wildman–Crippen LogP) is -0.653. The van der Waals surface area contributed by atoms with Crippen LogP contribution < -0.4 is 11.1 Å². The second kappa shape index (κ2) is 10.3. The van der Waals surface area contributed by atoms with Crippen LogP contribution in [0.3, 0.4) is 0 Å². The molecule has 0 saturated carbocycles. The van der Waals surface area contributed by atoms with Gasteiger partial charge in [-0.25, -0.2) is 14.5 Å². The first-order valence-corrected chi connectivity index (χ1v) is 13.1. The van der Waals surface area contributed by atoms with Crippen molar-refractivity contribution in [1.29, 1.82) is 0 Å². The Hall–Kier alpha value is -2.69. The quantitative estimate of drug-likeness (QED) is 0.265. The molecule has 0 bridgehead atoms. The number of thiazole rings is 1. The van der Waals surface area contributed by atoms with Crippen molar-refractivity contribution in [2.24, 2.45) is 0 Å². The molecule has 2 aliphatic heterocycles. The SMILES string of the molecule is CN(C)CCn1nnnc1SCC1=C(C(=O)O)N2C(=O)[C@H](NC(=O)Cc3csc(N)n3)[C@H]2SC1. The number of hydrogen-bond acceptors (Lipinski definition) is 12. The summed E-state index contributed by atoms with van der Waals surface area (Å²) in [6.07, 6.45) is 0.000917. The number of aliphatic carboxylic acids is 1. The van der Waals surface area contributed by atoms with Gasteiger partial charge in [0.2, 0.25) is 11.1 Å². The third kappa shape index (κ3) is 5.18. The van der Waals surface area contributed by atoms with Crippen LogP contribution in [-0.2, 0) is 27.3 Å². The Balaban J connectivity index is 1.41. The number of carbonyl (C=O) groups excluding carboxylic acids is 2. The summed E-state index contributed by atoms with van der Waals surface area (Å²) < 4.78 is 1.67. The monoisotopic (exact) mass is 525 g/mol. The van der Waals surface area contributed by atoms with Crippen molar-refractivity contribution in [3.8, 4) is 0 Å². The van der Waals surface area contributed by atoms with E-state index in [1.165, 1.54) is 39.8 Å². The van der Waals surface area contributed by atoms with Crippen LogP contribution in [-0.4, -0.2) is 101 Å². The zero-order chi connectivity index (χ0) is 24.4. The maximum absolute atomic E-state index is 12.8. The van der Waals surface area contributed by atoms with Gasteiger partial charge >= 0.3 is 5.97 Å². The predicted molar refractivity (Wildman–Crippen MR) is 127 cm³/mol. The van der Waals surface area contributed by atoms with Crippen LogP contribution >= 0.6 is 34.9 Å². The Morgan fingerprint density at radius 3 is 2.88 bits per heavy atom. The highest BCUT2D eigenvalue weighted by Gasteiger charge is 2.54. The molecule has 0 aliphatic carbocycles. The molecule has 2 aliphatic rings. The number of nitrogens with zero attached hydrogens (tertiary/aromatic N) is 7. The third-order valence-electron chi connectivity index (χ3n) is 5.11. The number of amides is 2. The first-order valence-electron chi connectivity index (χ1n) is 10.2. The summed E-state index contributed by atoms with van der Waals surface area (Å²) in [5.41, 5.74) is 6.68. The fourth-order valence-electron chi connectivity index (χ4n) is 3.47. The molecule has 4 rings (SSSR count). The molecule has 182 valence electrons. The summed E-state index contributed by atoms with van der Waals surface area (Å²) in [5.74, 6) is -1.24. The van der Waals surface area contributed by atoms with E-state index in [1.807, 2.05) is 19.0 Å². The van der Waals surface area contributed by atoms with E-state index in [2.05, 4.69) is 25.8 Å². The summed E-state index contributed by atoms with van der Waals surface area (Å²) in [6.45, 7) is 1.36. The van der Waals surface area contributed by atoms with E-state index >= 15 is 0 Å². The first-order chi connectivity index (χ1) is 16.2. The largest absolute Gasteiger partial charge is 0.477 e. The lowest BCUT2D eigenvalue weighted by Crippen LogP contribution is -2.70. The van der Waals surface area contributed by atoms with E-state index in [4.69, 9.17) is 5.73 Å². The molecule has 2 atom stereocenters. The number of anilines is 1. The van der Waals surface area contributed by atoms with E-state index in [0.29, 0.717) is 39.6 Å². The second-order valence-corrected chi connectivity index (χ2v) is 10.8. The fourth-order valence-corrected chi connectivity index (χ4v) is 6.42. The summed E-state index contributed by atoms with van der Waals surface area (Å²) in [4.78, 5) is 44.5. The fraction of sp³-hybridized carbons (Fsp3) is 0.500. The highest BCUT2D eigenvalue weighted by molar-refractivity contribution is 8.01. The maximum Gasteiger partial charge on any atom is 0.352 e. The van der Waals surface area contributed by atoms with Crippen LogP contribution in [0.4, 0.5) is 5.13 Å². The molecular weight excluding hydrogens is 502 g/mol. The van der Waals surface area contributed by atoms with E-state index in [9.17, 15) is 19.5 Å². The van der Waals surface area contributed by atoms with Crippen molar-refractivity contribution in [3.63, 3.8) is 0 Å². The average molecular weight is 526 g/mol. The Labute approximate surface area is 207 Å². The lowest BCUT2D eigenvalue weighted by molar-refractivity contribution is -0.150. The lowest BCUT2D eigenvalue weighted by Gasteiger charge is -2.49. The summed E-state index contributed by atoms with van der Waals surface area (Å²) in [5, 5.41) is 26.4. The molecule has 0 spiro atoms. The Bertz CT molecular complexity index is 1130. The number of nitrogen functional groups attached to an aromatic ring is 1. The van der Waals surface area contributed by atoms with Gasteiger partial charge in [-0.1, -0.05) is 11.8 Å². The van der Waals surface area contributed by atoms with Gasteiger partial charge < -0.3 is 21.1 Å².